The quantitative estimate of drug-likeness (QED) is 0.601. The molecule has 4 nitrogen and oxygen atoms in total. The second-order valence-corrected chi connectivity index (χ2v) is 3.60. The number of hydrogen-bond donors (Lipinski definition) is 1. The van der Waals surface area contributed by atoms with Crippen LogP contribution in [0, 0.1) is 13.8 Å². The van der Waals surface area contributed by atoms with Gasteiger partial charge in [0.1, 0.15) is 0 Å². The third kappa shape index (κ3) is 3.08. The Balaban J connectivity index is 2.64. The van der Waals surface area contributed by atoms with Crippen molar-refractivity contribution < 1.29 is 14.3 Å². The Hall–Kier alpha value is -1.84. The molecule has 1 N–H and O–H groups in total. The van der Waals surface area contributed by atoms with Gasteiger partial charge in [-0.3, -0.25) is 4.79 Å². The van der Waals surface area contributed by atoms with Crippen LogP contribution in [0.2, 0.25) is 0 Å². The highest BCUT2D eigenvalue weighted by Gasteiger charge is 2.12. The van der Waals surface area contributed by atoms with E-state index in [1.165, 1.54) is 7.11 Å². The number of carbonyl (C=O) groups is 2. The zero-order valence-electron chi connectivity index (χ0n) is 9.66. The average Bonchev–Trinajstić information content (AvgIpc) is 2.28. The lowest BCUT2D eigenvalue weighted by atomic mass is 10.1. The van der Waals surface area contributed by atoms with Gasteiger partial charge in [-0.2, -0.15) is 0 Å². The highest BCUT2D eigenvalue weighted by atomic mass is 16.5. The summed E-state index contributed by atoms with van der Waals surface area (Å²) in [6, 6.07) is 5.96. The van der Waals surface area contributed by atoms with Crippen molar-refractivity contribution in [1.82, 2.24) is 5.32 Å². The minimum atomic E-state index is -0.870. The van der Waals surface area contributed by atoms with Gasteiger partial charge in [0, 0.05) is 6.54 Å². The minimum absolute atomic E-state index is 0.335. The fourth-order valence-corrected chi connectivity index (χ4v) is 1.33. The Labute approximate surface area is 94.6 Å². The summed E-state index contributed by atoms with van der Waals surface area (Å²) in [5.74, 6) is -1.59. The lowest BCUT2D eigenvalue weighted by molar-refractivity contribution is -0.152. The van der Waals surface area contributed by atoms with Crippen molar-refractivity contribution >= 4 is 11.9 Å². The summed E-state index contributed by atoms with van der Waals surface area (Å²) in [5, 5.41) is 2.50. The van der Waals surface area contributed by atoms with Crippen molar-refractivity contribution in [2.75, 3.05) is 7.11 Å². The summed E-state index contributed by atoms with van der Waals surface area (Å²) >= 11 is 0. The van der Waals surface area contributed by atoms with Gasteiger partial charge in [0.2, 0.25) is 0 Å². The number of ether oxygens (including phenoxy) is 1. The predicted octanol–water partition coefficient (Wildman–Crippen LogP) is 1.09. The summed E-state index contributed by atoms with van der Waals surface area (Å²) < 4.78 is 4.30. The molecular weight excluding hydrogens is 206 g/mol. The molecule has 0 heterocycles. The van der Waals surface area contributed by atoms with Crippen LogP contribution in [0.25, 0.3) is 0 Å². The standard InChI is InChI=1S/C12H15NO3/c1-8-4-5-9(2)10(6-8)7-13-11(14)12(15)16-3/h4-6H,7H2,1-3H3,(H,13,14). The molecule has 4 heteroatoms. The Morgan fingerprint density at radius 1 is 1.31 bits per heavy atom. The van der Waals surface area contributed by atoms with Gasteiger partial charge in [0.05, 0.1) is 7.11 Å². The molecule has 1 aromatic carbocycles. The molecule has 16 heavy (non-hydrogen) atoms. The molecule has 0 saturated heterocycles. The molecule has 0 unspecified atom stereocenters. The van der Waals surface area contributed by atoms with Gasteiger partial charge in [0.25, 0.3) is 0 Å². The van der Waals surface area contributed by atoms with E-state index in [0.29, 0.717) is 6.54 Å². The molecule has 1 amide bonds. The van der Waals surface area contributed by atoms with Crippen LogP contribution < -0.4 is 5.32 Å². The number of nitrogens with one attached hydrogen (secondary N) is 1. The molecular formula is C12H15NO3. The van der Waals surface area contributed by atoms with Crippen molar-refractivity contribution in [2.45, 2.75) is 20.4 Å². The zero-order chi connectivity index (χ0) is 12.1. The Kier molecular flexibility index (Phi) is 4.05. The zero-order valence-corrected chi connectivity index (χ0v) is 9.66. The summed E-state index contributed by atoms with van der Waals surface area (Å²) in [5.41, 5.74) is 3.20. The SMILES string of the molecule is COC(=O)C(=O)NCc1cc(C)ccc1C. The van der Waals surface area contributed by atoms with Crippen molar-refractivity contribution in [3.8, 4) is 0 Å². The van der Waals surface area contributed by atoms with E-state index >= 15 is 0 Å². The van der Waals surface area contributed by atoms with E-state index in [9.17, 15) is 9.59 Å². The van der Waals surface area contributed by atoms with E-state index in [0.717, 1.165) is 16.7 Å². The molecule has 0 atom stereocenters. The number of rotatable bonds is 2. The van der Waals surface area contributed by atoms with E-state index in [1.54, 1.807) is 0 Å². The number of amides is 1. The second-order valence-electron chi connectivity index (χ2n) is 3.60. The maximum Gasteiger partial charge on any atom is 0.396 e. The maximum atomic E-state index is 11.2. The number of aryl methyl sites for hydroxylation is 2. The number of benzene rings is 1. The van der Waals surface area contributed by atoms with Gasteiger partial charge in [-0.25, -0.2) is 4.79 Å². The van der Waals surface area contributed by atoms with E-state index in [4.69, 9.17) is 0 Å². The van der Waals surface area contributed by atoms with Crippen molar-refractivity contribution in [2.24, 2.45) is 0 Å². The smallest absolute Gasteiger partial charge is 0.396 e. The van der Waals surface area contributed by atoms with Crippen LogP contribution in [0.1, 0.15) is 16.7 Å². The van der Waals surface area contributed by atoms with Crippen molar-refractivity contribution in [3.05, 3.63) is 34.9 Å². The van der Waals surface area contributed by atoms with Crippen LogP contribution in [0.15, 0.2) is 18.2 Å². The number of hydrogen-bond acceptors (Lipinski definition) is 3. The molecule has 0 aromatic heterocycles. The highest BCUT2D eigenvalue weighted by molar-refractivity contribution is 6.32. The van der Waals surface area contributed by atoms with Gasteiger partial charge in [-0.05, 0) is 25.0 Å². The molecule has 0 aliphatic rings. The Morgan fingerprint density at radius 3 is 2.62 bits per heavy atom. The van der Waals surface area contributed by atoms with Crippen LogP contribution in [-0.4, -0.2) is 19.0 Å². The summed E-state index contributed by atoms with van der Waals surface area (Å²) in [4.78, 5) is 22.0. The molecule has 0 radical (unpaired) electrons. The summed E-state index contributed by atoms with van der Waals surface area (Å²) in [6.45, 7) is 4.27. The first-order valence-electron chi connectivity index (χ1n) is 4.97. The molecule has 0 aliphatic heterocycles. The monoisotopic (exact) mass is 221 g/mol. The number of methoxy groups -OCH3 is 1. The normalized spacial score (nSPS) is 9.69. The fourth-order valence-electron chi connectivity index (χ4n) is 1.33. The van der Waals surface area contributed by atoms with E-state index in [2.05, 4.69) is 10.1 Å². The first-order chi connectivity index (χ1) is 7.54. The van der Waals surface area contributed by atoms with Crippen LogP contribution in [0.3, 0.4) is 0 Å². The van der Waals surface area contributed by atoms with Gasteiger partial charge in [-0.1, -0.05) is 23.8 Å². The van der Waals surface area contributed by atoms with Gasteiger partial charge in [-0.15, -0.1) is 0 Å². The largest absolute Gasteiger partial charge is 0.462 e. The molecule has 86 valence electrons. The third-order valence-corrected chi connectivity index (χ3v) is 2.31. The summed E-state index contributed by atoms with van der Waals surface area (Å²) in [7, 11) is 1.18. The third-order valence-electron chi connectivity index (χ3n) is 2.31. The molecule has 0 fully saturated rings. The molecule has 1 rings (SSSR count). The topological polar surface area (TPSA) is 55.4 Å². The first-order valence-corrected chi connectivity index (χ1v) is 4.97. The van der Waals surface area contributed by atoms with E-state index < -0.39 is 11.9 Å². The lowest BCUT2D eigenvalue weighted by Gasteiger charge is -2.07. The lowest BCUT2D eigenvalue weighted by Crippen LogP contribution is -2.31. The molecule has 1 aromatic rings. The van der Waals surface area contributed by atoms with Crippen molar-refractivity contribution in [3.63, 3.8) is 0 Å². The maximum absolute atomic E-state index is 11.2. The Morgan fingerprint density at radius 2 is 2.00 bits per heavy atom. The predicted molar refractivity (Wildman–Crippen MR) is 59.8 cm³/mol. The molecule has 0 bridgehead atoms. The molecule has 0 aliphatic carbocycles. The highest BCUT2D eigenvalue weighted by Crippen LogP contribution is 2.09. The average molecular weight is 221 g/mol. The van der Waals surface area contributed by atoms with E-state index in [-0.39, 0.29) is 0 Å². The van der Waals surface area contributed by atoms with Gasteiger partial charge >= 0.3 is 11.9 Å². The molecule has 0 saturated carbocycles. The van der Waals surface area contributed by atoms with Gasteiger partial charge < -0.3 is 10.1 Å². The Bertz CT molecular complexity index is 413. The fraction of sp³-hybridized carbons (Fsp3) is 0.333. The van der Waals surface area contributed by atoms with Crippen LogP contribution in [-0.2, 0) is 20.9 Å². The number of carbonyl (C=O) groups excluding carboxylic acids is 2. The molecule has 0 spiro atoms. The van der Waals surface area contributed by atoms with E-state index in [1.807, 2.05) is 32.0 Å². The van der Waals surface area contributed by atoms with Crippen LogP contribution in [0.4, 0.5) is 0 Å². The minimum Gasteiger partial charge on any atom is -0.462 e. The summed E-state index contributed by atoms with van der Waals surface area (Å²) in [6.07, 6.45) is 0. The van der Waals surface area contributed by atoms with Crippen molar-refractivity contribution in [1.29, 1.82) is 0 Å². The number of esters is 1. The van der Waals surface area contributed by atoms with Crippen LogP contribution >= 0.6 is 0 Å². The van der Waals surface area contributed by atoms with Gasteiger partial charge in [0.15, 0.2) is 0 Å². The first kappa shape index (κ1) is 12.2. The second kappa shape index (κ2) is 5.30. The van der Waals surface area contributed by atoms with Crippen LogP contribution in [0.5, 0.6) is 0 Å².